The highest BCUT2D eigenvalue weighted by atomic mass is 35.5. The van der Waals surface area contributed by atoms with Gasteiger partial charge in [0.2, 0.25) is 0 Å². The van der Waals surface area contributed by atoms with Crippen LogP contribution in [0.4, 0.5) is 11.4 Å². The van der Waals surface area contributed by atoms with E-state index in [0.717, 1.165) is 41.9 Å². The molecule has 290 valence electrons. The van der Waals surface area contributed by atoms with E-state index in [0.29, 0.717) is 46.9 Å². The SMILES string of the molecule is CCCCCCCCOc1cc(Cl)c(N2NC(=Nc3cc(OC(C)(C)C)ccc3Cl)C(Sc3cc(C)ccc3OCCCCCCCC)C2=O)c(Cl)c1. The van der Waals surface area contributed by atoms with Crippen molar-refractivity contribution in [1.82, 2.24) is 5.43 Å². The molecule has 0 aromatic heterocycles. The molecule has 7 nitrogen and oxygen atoms in total. The normalized spacial score (nSPS) is 15.3. The largest absolute Gasteiger partial charge is 0.493 e. The third-order valence-electron chi connectivity index (χ3n) is 8.58. The highest BCUT2D eigenvalue weighted by Gasteiger charge is 2.41. The first-order valence-electron chi connectivity index (χ1n) is 19.1. The minimum atomic E-state index is -0.799. The number of rotatable bonds is 21. The second kappa shape index (κ2) is 21.3. The van der Waals surface area contributed by atoms with Crippen LogP contribution in [0.3, 0.4) is 0 Å². The molecular weight excluding hydrogens is 749 g/mol. The molecule has 0 saturated carbocycles. The van der Waals surface area contributed by atoms with Crippen LogP contribution in [0.1, 0.15) is 117 Å². The van der Waals surface area contributed by atoms with Gasteiger partial charge in [-0.3, -0.25) is 10.2 Å². The second-order valence-corrected chi connectivity index (χ2v) is 16.9. The first-order chi connectivity index (χ1) is 25.4. The van der Waals surface area contributed by atoms with Crippen molar-refractivity contribution in [2.45, 2.75) is 134 Å². The number of ether oxygens (including phenoxy) is 3. The zero-order chi connectivity index (χ0) is 38.4. The van der Waals surface area contributed by atoms with Gasteiger partial charge in [0.05, 0.1) is 38.9 Å². The van der Waals surface area contributed by atoms with Crippen molar-refractivity contribution in [3.63, 3.8) is 0 Å². The molecule has 0 aliphatic carbocycles. The summed E-state index contributed by atoms with van der Waals surface area (Å²) in [4.78, 5) is 20.2. The minimum absolute atomic E-state index is 0.276. The molecule has 3 aromatic rings. The molecule has 1 amide bonds. The van der Waals surface area contributed by atoms with Gasteiger partial charge in [0.15, 0.2) is 0 Å². The topological polar surface area (TPSA) is 72.4 Å². The molecule has 1 aliphatic rings. The van der Waals surface area contributed by atoms with Gasteiger partial charge in [-0.15, -0.1) is 11.8 Å². The number of thioether (sulfide) groups is 1. The number of halogens is 3. The van der Waals surface area contributed by atoms with E-state index in [4.69, 9.17) is 54.0 Å². The van der Waals surface area contributed by atoms with Gasteiger partial charge in [0.1, 0.15) is 39.6 Å². The molecule has 0 bridgehead atoms. The van der Waals surface area contributed by atoms with Crippen molar-refractivity contribution in [1.29, 1.82) is 0 Å². The lowest BCUT2D eigenvalue weighted by molar-refractivity contribution is -0.116. The second-order valence-electron chi connectivity index (χ2n) is 14.5. The van der Waals surface area contributed by atoms with Crippen molar-refractivity contribution in [2.24, 2.45) is 4.99 Å². The number of hydrazine groups is 1. The smallest absolute Gasteiger partial charge is 0.267 e. The van der Waals surface area contributed by atoms with E-state index in [1.54, 1.807) is 30.3 Å². The molecule has 1 unspecified atom stereocenters. The summed E-state index contributed by atoms with van der Waals surface area (Å²) in [6.07, 6.45) is 14.0. The van der Waals surface area contributed by atoms with Crippen molar-refractivity contribution in [2.75, 3.05) is 18.2 Å². The van der Waals surface area contributed by atoms with Gasteiger partial charge in [0.25, 0.3) is 5.91 Å². The van der Waals surface area contributed by atoms with Gasteiger partial charge >= 0.3 is 0 Å². The maximum atomic E-state index is 14.5. The van der Waals surface area contributed by atoms with Crippen LogP contribution in [0.5, 0.6) is 17.2 Å². The summed E-state index contributed by atoms with van der Waals surface area (Å²) in [6, 6.07) is 14.7. The first kappa shape index (κ1) is 43.0. The summed E-state index contributed by atoms with van der Waals surface area (Å²) < 4.78 is 18.4. The van der Waals surface area contributed by atoms with Crippen LogP contribution in [0.2, 0.25) is 15.1 Å². The van der Waals surface area contributed by atoms with Gasteiger partial charge in [0, 0.05) is 18.2 Å². The van der Waals surface area contributed by atoms with Crippen LogP contribution in [-0.2, 0) is 4.79 Å². The van der Waals surface area contributed by atoms with E-state index in [2.05, 4.69) is 19.3 Å². The summed E-state index contributed by atoms with van der Waals surface area (Å²) in [5, 5.41) is 1.54. The van der Waals surface area contributed by atoms with Crippen molar-refractivity contribution >= 4 is 69.7 Å². The molecule has 1 saturated heterocycles. The van der Waals surface area contributed by atoms with Crippen LogP contribution in [0.25, 0.3) is 0 Å². The molecule has 0 spiro atoms. The Bertz CT molecular complexity index is 1660. The summed E-state index contributed by atoms with van der Waals surface area (Å²) in [7, 11) is 0. The Kier molecular flexibility index (Phi) is 17.3. The third-order valence-corrected chi connectivity index (χ3v) is 10.7. The highest BCUT2D eigenvalue weighted by Crippen LogP contribution is 2.43. The van der Waals surface area contributed by atoms with Crippen molar-refractivity contribution in [3.05, 3.63) is 69.2 Å². The van der Waals surface area contributed by atoms with Crippen LogP contribution in [0, 0.1) is 6.92 Å². The minimum Gasteiger partial charge on any atom is -0.493 e. The summed E-state index contributed by atoms with van der Waals surface area (Å²) in [5.41, 5.74) is 4.62. The van der Waals surface area contributed by atoms with E-state index < -0.39 is 10.9 Å². The zero-order valence-electron chi connectivity index (χ0n) is 32.2. The Hall–Kier alpha value is -2.78. The van der Waals surface area contributed by atoms with Crippen molar-refractivity contribution in [3.8, 4) is 17.2 Å². The molecule has 1 aliphatic heterocycles. The van der Waals surface area contributed by atoms with Gasteiger partial charge in [-0.1, -0.05) is 119 Å². The van der Waals surface area contributed by atoms with E-state index in [1.807, 2.05) is 45.9 Å². The third kappa shape index (κ3) is 13.5. The van der Waals surface area contributed by atoms with Gasteiger partial charge in [-0.25, -0.2) is 10.0 Å². The Morgan fingerprint density at radius 1 is 0.755 bits per heavy atom. The lowest BCUT2D eigenvalue weighted by Gasteiger charge is -2.21. The number of aliphatic imine (C=N–C) groups is 1. The Morgan fingerprint density at radius 3 is 1.98 bits per heavy atom. The lowest BCUT2D eigenvalue weighted by atomic mass is 10.1. The number of nitrogens with one attached hydrogen (secondary N) is 1. The van der Waals surface area contributed by atoms with Gasteiger partial charge < -0.3 is 14.2 Å². The monoisotopic (exact) mass is 803 g/mol. The average Bonchev–Trinajstić information content (AvgIpc) is 3.38. The molecule has 1 heterocycles. The molecule has 3 aromatic carbocycles. The standard InChI is InChI=1S/C42H56Cl3N3O4S/c1-7-9-11-13-15-17-23-50-31-26-33(44)38(34(45)27-31)48-41(49)39(40(47-48)46-35-28-30(20-21-32(35)43)52-42(4,5)6)53-37-25-29(3)19-22-36(37)51-24-18-16-14-12-10-8-2/h19-22,25-28,39H,7-18,23-24H2,1-6H3,(H,46,47). The summed E-state index contributed by atoms with van der Waals surface area (Å²) in [5.74, 6) is 1.96. The zero-order valence-corrected chi connectivity index (χ0v) is 35.2. The van der Waals surface area contributed by atoms with Crippen molar-refractivity contribution < 1.29 is 19.0 Å². The predicted octanol–water partition coefficient (Wildman–Crippen LogP) is 13.4. The summed E-state index contributed by atoms with van der Waals surface area (Å²) in [6.45, 7) is 13.5. The molecule has 1 atom stereocenters. The van der Waals surface area contributed by atoms with Crippen LogP contribution in [0.15, 0.2) is 58.4 Å². The van der Waals surface area contributed by atoms with Crippen LogP contribution in [-0.4, -0.2) is 35.8 Å². The molecular formula is C42H56Cl3N3O4S. The maximum absolute atomic E-state index is 14.5. The number of benzene rings is 3. The number of amides is 1. The van der Waals surface area contributed by atoms with Crippen LogP contribution >= 0.6 is 46.6 Å². The molecule has 11 heteroatoms. The quantitative estimate of drug-likeness (QED) is 0.108. The Morgan fingerprint density at radius 2 is 1.36 bits per heavy atom. The molecule has 4 rings (SSSR count). The van der Waals surface area contributed by atoms with Crippen LogP contribution < -0.4 is 24.6 Å². The highest BCUT2D eigenvalue weighted by molar-refractivity contribution is 8.01. The van der Waals surface area contributed by atoms with E-state index in [-0.39, 0.29) is 16.0 Å². The molecule has 1 N–H and O–H groups in total. The average molecular weight is 805 g/mol. The number of unbranched alkanes of at least 4 members (excludes halogenated alkanes) is 10. The van der Waals surface area contributed by atoms with E-state index in [1.165, 1.54) is 68.1 Å². The number of carbonyl (C=O) groups excluding carboxylic acids is 1. The summed E-state index contributed by atoms with van der Waals surface area (Å²) >= 11 is 21.8. The number of amidine groups is 1. The fourth-order valence-electron chi connectivity index (χ4n) is 5.87. The number of hydrogen-bond donors (Lipinski definition) is 1. The fourth-order valence-corrected chi connectivity index (χ4v) is 7.84. The number of nitrogens with zero attached hydrogens (tertiary/aromatic N) is 2. The fraction of sp³-hybridized carbons (Fsp3) is 0.524. The number of anilines is 1. The number of aryl methyl sites for hydroxylation is 1. The molecule has 53 heavy (non-hydrogen) atoms. The first-order valence-corrected chi connectivity index (χ1v) is 21.1. The maximum Gasteiger partial charge on any atom is 0.267 e. The molecule has 1 fully saturated rings. The van der Waals surface area contributed by atoms with E-state index >= 15 is 0 Å². The predicted molar refractivity (Wildman–Crippen MR) is 225 cm³/mol. The van der Waals surface area contributed by atoms with Gasteiger partial charge in [-0.2, -0.15) is 0 Å². The lowest BCUT2D eigenvalue weighted by Crippen LogP contribution is -2.36. The van der Waals surface area contributed by atoms with E-state index in [9.17, 15) is 4.79 Å². The number of carbonyl (C=O) groups is 1. The number of hydrogen-bond acceptors (Lipinski definition) is 6. The molecule has 0 radical (unpaired) electrons. The Labute approximate surface area is 336 Å². The Balaban J connectivity index is 1.62. The van der Waals surface area contributed by atoms with Gasteiger partial charge in [-0.05, 0) is 70.4 Å².